The molecule has 3 heterocycles. The Labute approximate surface area is 174 Å². The molecule has 0 unspecified atom stereocenters. The van der Waals surface area contributed by atoms with Crippen LogP contribution in [0.1, 0.15) is 24.0 Å². The van der Waals surface area contributed by atoms with E-state index in [0.29, 0.717) is 0 Å². The third-order valence-corrected chi connectivity index (χ3v) is 3.34. The summed E-state index contributed by atoms with van der Waals surface area (Å²) in [5.41, 5.74) is 3.15. The fraction of sp³-hybridized carbons (Fsp3) is 0.200. The first-order chi connectivity index (χ1) is 12.6. The maximum atomic E-state index is 9.00. The van der Waals surface area contributed by atoms with Crippen molar-refractivity contribution in [2.45, 2.75) is 26.6 Å². The first-order valence-corrected chi connectivity index (χ1v) is 8.25. The van der Waals surface area contributed by atoms with Gasteiger partial charge in [-0.1, -0.05) is 18.2 Å². The van der Waals surface area contributed by atoms with Gasteiger partial charge in [-0.3, -0.25) is 24.6 Å². The van der Waals surface area contributed by atoms with Crippen molar-refractivity contribution in [1.82, 2.24) is 19.9 Å². The molecule has 0 radical (unpaired) electrons. The van der Waals surface area contributed by atoms with Crippen LogP contribution in [0, 0.1) is 0 Å². The second kappa shape index (κ2) is 14.4. The van der Waals surface area contributed by atoms with Gasteiger partial charge in [0.05, 0.1) is 17.1 Å². The molecule has 0 saturated heterocycles. The Bertz CT molecular complexity index is 675. The van der Waals surface area contributed by atoms with Gasteiger partial charge in [0.2, 0.25) is 0 Å². The van der Waals surface area contributed by atoms with E-state index in [1.165, 1.54) is 0 Å². The van der Waals surface area contributed by atoms with Crippen molar-refractivity contribution < 1.29 is 31.9 Å². The number of carboxylic acid groups (broad SMARTS) is 1. The summed E-state index contributed by atoms with van der Waals surface area (Å²) in [5.74, 6) is -0.833. The maximum Gasteiger partial charge on any atom is 0.300 e. The summed E-state index contributed by atoms with van der Waals surface area (Å²) < 4.78 is 0. The Morgan fingerprint density at radius 3 is 1.29 bits per heavy atom. The zero-order chi connectivity index (χ0) is 18.6. The van der Waals surface area contributed by atoms with E-state index in [2.05, 4.69) is 19.9 Å². The largest absolute Gasteiger partial charge is 0.481 e. The van der Waals surface area contributed by atoms with E-state index in [9.17, 15) is 0 Å². The fourth-order valence-electron chi connectivity index (χ4n) is 2.33. The van der Waals surface area contributed by atoms with Crippen LogP contribution in [0.5, 0.6) is 0 Å². The summed E-state index contributed by atoms with van der Waals surface area (Å²) in [7, 11) is 0. The molecule has 3 aromatic heterocycles. The molecule has 0 amide bonds. The smallest absolute Gasteiger partial charge is 0.300 e. The van der Waals surface area contributed by atoms with Gasteiger partial charge in [-0.15, -0.1) is 0 Å². The van der Waals surface area contributed by atoms with Crippen LogP contribution in [-0.4, -0.2) is 36.4 Å². The van der Waals surface area contributed by atoms with Crippen LogP contribution in [-0.2, 0) is 40.9 Å². The van der Waals surface area contributed by atoms with Gasteiger partial charge < -0.3 is 10.6 Å². The van der Waals surface area contributed by atoms with Crippen molar-refractivity contribution in [1.29, 1.82) is 0 Å². The van der Waals surface area contributed by atoms with Gasteiger partial charge in [0.1, 0.15) is 0 Å². The second-order valence-corrected chi connectivity index (χ2v) is 5.63. The zero-order valence-electron chi connectivity index (χ0n) is 15.5. The van der Waals surface area contributed by atoms with Gasteiger partial charge in [0, 0.05) is 61.6 Å². The third-order valence-electron chi connectivity index (χ3n) is 3.34. The van der Waals surface area contributed by atoms with E-state index < -0.39 is 5.97 Å². The molecule has 0 aliphatic rings. The number of nitrogens with zero attached hydrogens (tertiary/aromatic N) is 4. The van der Waals surface area contributed by atoms with Gasteiger partial charge >= 0.3 is 0 Å². The number of hydrogen-bond donors (Lipinski definition) is 1. The van der Waals surface area contributed by atoms with Crippen LogP contribution in [0.15, 0.2) is 73.2 Å². The molecule has 8 heteroatoms. The number of hydrogen-bond acceptors (Lipinski definition) is 5. The molecule has 0 bridgehead atoms. The second-order valence-electron chi connectivity index (χ2n) is 5.63. The normalized spacial score (nSPS) is 9.36. The van der Waals surface area contributed by atoms with Crippen LogP contribution < -0.4 is 0 Å². The number of rotatable bonds is 6. The number of carbonyl (C=O) groups is 1. The van der Waals surface area contributed by atoms with E-state index in [4.69, 9.17) is 9.90 Å². The Morgan fingerprint density at radius 1 is 0.786 bits per heavy atom. The molecule has 0 aromatic carbocycles. The average molecular weight is 427 g/mol. The van der Waals surface area contributed by atoms with Crippen LogP contribution in [0.4, 0.5) is 0 Å². The summed E-state index contributed by atoms with van der Waals surface area (Å²) in [6, 6.07) is 18.0. The van der Waals surface area contributed by atoms with E-state index >= 15 is 0 Å². The minimum Gasteiger partial charge on any atom is -0.481 e. The summed E-state index contributed by atoms with van der Waals surface area (Å²) >= 11 is 0. The number of aromatic nitrogens is 3. The van der Waals surface area contributed by atoms with E-state index in [1.54, 1.807) is 0 Å². The average Bonchev–Trinajstić information content (AvgIpc) is 2.64. The molecule has 3 rings (SSSR count). The molecule has 0 spiro atoms. The molecule has 7 nitrogen and oxygen atoms in total. The quantitative estimate of drug-likeness (QED) is 0.605. The Hall–Kier alpha value is -2.67. The van der Waals surface area contributed by atoms with E-state index in [0.717, 1.165) is 43.6 Å². The molecule has 0 aliphatic carbocycles. The molecule has 0 saturated carbocycles. The van der Waals surface area contributed by atoms with E-state index in [1.807, 2.05) is 73.2 Å². The van der Waals surface area contributed by atoms with Gasteiger partial charge in [-0.2, -0.15) is 0 Å². The molecule has 0 fully saturated rings. The maximum absolute atomic E-state index is 9.00. The first kappa shape index (κ1) is 25.3. The number of pyridine rings is 3. The zero-order valence-corrected chi connectivity index (χ0v) is 16.5. The van der Waals surface area contributed by atoms with Crippen LogP contribution in [0.25, 0.3) is 0 Å². The molecular formula is C20H24N4NiO3. The summed E-state index contributed by atoms with van der Waals surface area (Å²) in [4.78, 5) is 24.6. The standard InChI is InChI=1S/C18H18N4.C2H4O2.Ni.H2O/c1-4-10-19-16(7-1)13-22(14-17-8-2-5-11-20-17)15-18-9-3-6-12-21-18;1-2(3)4;;/h1-12H,13-15H2;1H3,(H,3,4);;1H2. The Kier molecular flexibility index (Phi) is 13.0. The van der Waals surface area contributed by atoms with Crippen LogP contribution >= 0.6 is 0 Å². The first-order valence-electron chi connectivity index (χ1n) is 8.25. The number of aliphatic carboxylic acids is 1. The SMILES string of the molecule is CC(=O)O.O.[Ni].c1ccc(CN(Cc2ccccn2)Cc2ccccn2)nc1. The van der Waals surface area contributed by atoms with Crippen molar-refractivity contribution in [3.05, 3.63) is 90.3 Å². The molecule has 3 N–H and O–H groups in total. The van der Waals surface area contributed by atoms with Gasteiger partial charge in [-0.25, -0.2) is 0 Å². The van der Waals surface area contributed by atoms with Gasteiger partial charge in [0.25, 0.3) is 5.97 Å². The van der Waals surface area contributed by atoms with Gasteiger partial charge in [-0.05, 0) is 36.4 Å². The van der Waals surface area contributed by atoms with Crippen molar-refractivity contribution in [3.8, 4) is 0 Å². The van der Waals surface area contributed by atoms with Crippen molar-refractivity contribution in [2.24, 2.45) is 0 Å². The van der Waals surface area contributed by atoms with Crippen LogP contribution in [0.3, 0.4) is 0 Å². The fourth-order valence-corrected chi connectivity index (χ4v) is 2.33. The van der Waals surface area contributed by atoms with Crippen molar-refractivity contribution >= 4 is 5.97 Å². The van der Waals surface area contributed by atoms with Gasteiger partial charge in [0.15, 0.2) is 0 Å². The minimum absolute atomic E-state index is 0. The number of carboxylic acids is 1. The predicted molar refractivity (Wildman–Crippen MR) is 103 cm³/mol. The third kappa shape index (κ3) is 10.5. The topological polar surface area (TPSA) is 111 Å². The molecule has 28 heavy (non-hydrogen) atoms. The molecular weight excluding hydrogens is 403 g/mol. The monoisotopic (exact) mass is 426 g/mol. The molecule has 3 aromatic rings. The molecule has 152 valence electrons. The summed E-state index contributed by atoms with van der Waals surface area (Å²) in [6.45, 7) is 3.40. The summed E-state index contributed by atoms with van der Waals surface area (Å²) in [5, 5.41) is 7.42. The Balaban J connectivity index is 0.00000111. The molecule has 0 aliphatic heterocycles. The van der Waals surface area contributed by atoms with Crippen molar-refractivity contribution in [2.75, 3.05) is 0 Å². The van der Waals surface area contributed by atoms with Crippen LogP contribution in [0.2, 0.25) is 0 Å². The minimum atomic E-state index is -0.833. The summed E-state index contributed by atoms with van der Waals surface area (Å²) in [6.07, 6.45) is 5.49. The van der Waals surface area contributed by atoms with Crippen molar-refractivity contribution in [3.63, 3.8) is 0 Å². The van der Waals surface area contributed by atoms with E-state index in [-0.39, 0.29) is 22.0 Å². The molecule has 0 atom stereocenters. The predicted octanol–water partition coefficient (Wildman–Crippen LogP) is 2.34. The Morgan fingerprint density at radius 2 is 1.07 bits per heavy atom.